The Morgan fingerprint density at radius 1 is 1.09 bits per heavy atom. The fraction of sp³-hybridized carbons (Fsp3) is 0.294. The van der Waals surface area contributed by atoms with E-state index in [1.54, 1.807) is 19.2 Å². The molecule has 0 heterocycles. The third-order valence-electron chi connectivity index (χ3n) is 3.52. The average molecular weight is 337 g/mol. The van der Waals surface area contributed by atoms with Crippen molar-refractivity contribution in [2.75, 3.05) is 7.11 Å². The fourth-order valence-electron chi connectivity index (χ4n) is 2.28. The zero-order chi connectivity index (χ0) is 16.9. The Hall–Kier alpha value is -1.92. The van der Waals surface area contributed by atoms with Gasteiger partial charge in [-0.25, -0.2) is 17.5 Å². The zero-order valence-corrected chi connectivity index (χ0v) is 13.9. The number of methoxy groups -OCH3 is 1. The van der Waals surface area contributed by atoms with Crippen LogP contribution >= 0.6 is 0 Å². The standard InChI is InChI=1S/C17H20FNO3S/c1-3-17(14-6-10-16(22-2)11-7-14)19-23(20,21)12-13-4-8-15(18)9-5-13/h4-11,17,19H,3,12H2,1-2H3. The van der Waals surface area contributed by atoms with Crippen LogP contribution in [-0.2, 0) is 15.8 Å². The smallest absolute Gasteiger partial charge is 0.216 e. The monoisotopic (exact) mass is 337 g/mol. The van der Waals surface area contributed by atoms with Gasteiger partial charge in [0.05, 0.1) is 12.9 Å². The van der Waals surface area contributed by atoms with Crippen LogP contribution in [0.2, 0.25) is 0 Å². The SMILES string of the molecule is CCC(NS(=O)(=O)Cc1ccc(F)cc1)c1ccc(OC)cc1. The van der Waals surface area contributed by atoms with Gasteiger partial charge in [0.25, 0.3) is 0 Å². The zero-order valence-electron chi connectivity index (χ0n) is 13.1. The number of halogens is 1. The molecule has 2 aromatic rings. The summed E-state index contributed by atoms with van der Waals surface area (Å²) in [7, 11) is -1.95. The Bertz CT molecular complexity index is 727. The summed E-state index contributed by atoms with van der Waals surface area (Å²) in [6.45, 7) is 1.91. The van der Waals surface area contributed by atoms with E-state index in [0.29, 0.717) is 12.0 Å². The summed E-state index contributed by atoms with van der Waals surface area (Å²) in [5, 5.41) is 0. The van der Waals surface area contributed by atoms with Gasteiger partial charge in [-0.3, -0.25) is 0 Å². The molecule has 1 N–H and O–H groups in total. The second-order valence-electron chi connectivity index (χ2n) is 5.24. The lowest BCUT2D eigenvalue weighted by Crippen LogP contribution is -2.29. The van der Waals surface area contributed by atoms with Gasteiger partial charge < -0.3 is 4.74 Å². The normalized spacial score (nSPS) is 12.8. The first kappa shape index (κ1) is 17.4. The molecule has 0 radical (unpaired) electrons. The Balaban J connectivity index is 2.10. The van der Waals surface area contributed by atoms with E-state index >= 15 is 0 Å². The van der Waals surface area contributed by atoms with Crippen molar-refractivity contribution in [3.05, 3.63) is 65.5 Å². The highest BCUT2D eigenvalue weighted by Crippen LogP contribution is 2.21. The fourth-order valence-corrected chi connectivity index (χ4v) is 3.73. The van der Waals surface area contributed by atoms with Gasteiger partial charge in [-0.1, -0.05) is 31.2 Å². The molecule has 124 valence electrons. The van der Waals surface area contributed by atoms with Gasteiger partial charge in [0.2, 0.25) is 10.0 Å². The molecule has 1 unspecified atom stereocenters. The molecule has 0 aliphatic carbocycles. The second kappa shape index (κ2) is 7.57. The van der Waals surface area contributed by atoms with Gasteiger partial charge >= 0.3 is 0 Å². The highest BCUT2D eigenvalue weighted by atomic mass is 32.2. The Morgan fingerprint density at radius 2 is 1.70 bits per heavy atom. The third-order valence-corrected chi connectivity index (χ3v) is 4.88. The summed E-state index contributed by atoms with van der Waals surface area (Å²) in [5.74, 6) is 0.154. The lowest BCUT2D eigenvalue weighted by Gasteiger charge is -2.18. The molecular weight excluding hydrogens is 317 g/mol. The van der Waals surface area contributed by atoms with E-state index in [2.05, 4.69) is 4.72 Å². The molecule has 0 fully saturated rings. The lowest BCUT2D eigenvalue weighted by atomic mass is 10.1. The van der Waals surface area contributed by atoms with Crippen molar-refractivity contribution < 1.29 is 17.5 Å². The number of sulfonamides is 1. The van der Waals surface area contributed by atoms with E-state index in [-0.39, 0.29) is 17.6 Å². The number of hydrogen-bond acceptors (Lipinski definition) is 3. The summed E-state index contributed by atoms with van der Waals surface area (Å²) < 4.78 is 45.3. The quantitative estimate of drug-likeness (QED) is 0.842. The van der Waals surface area contributed by atoms with Gasteiger partial charge in [0.1, 0.15) is 11.6 Å². The minimum absolute atomic E-state index is 0.181. The van der Waals surface area contributed by atoms with Crippen molar-refractivity contribution in [3.8, 4) is 5.75 Å². The summed E-state index contributed by atoms with van der Waals surface area (Å²) in [6, 6.07) is 12.4. The van der Waals surface area contributed by atoms with E-state index in [9.17, 15) is 12.8 Å². The van der Waals surface area contributed by atoms with E-state index < -0.39 is 10.0 Å². The maximum absolute atomic E-state index is 12.9. The minimum atomic E-state index is -3.53. The highest BCUT2D eigenvalue weighted by molar-refractivity contribution is 7.88. The number of hydrogen-bond donors (Lipinski definition) is 1. The molecule has 0 saturated heterocycles. The van der Waals surface area contributed by atoms with Gasteiger partial charge in [-0.15, -0.1) is 0 Å². The average Bonchev–Trinajstić information content (AvgIpc) is 2.55. The van der Waals surface area contributed by atoms with Crippen LogP contribution in [-0.4, -0.2) is 15.5 Å². The molecule has 2 rings (SSSR count). The summed E-state index contributed by atoms with van der Waals surface area (Å²) in [4.78, 5) is 0. The van der Waals surface area contributed by atoms with E-state index in [1.165, 1.54) is 24.3 Å². The van der Waals surface area contributed by atoms with Crippen molar-refractivity contribution in [3.63, 3.8) is 0 Å². The highest BCUT2D eigenvalue weighted by Gasteiger charge is 2.18. The summed E-state index contributed by atoms with van der Waals surface area (Å²) in [5.41, 5.74) is 1.42. The molecule has 4 nitrogen and oxygen atoms in total. The number of rotatable bonds is 7. The van der Waals surface area contributed by atoms with Gasteiger partial charge in [0.15, 0.2) is 0 Å². The molecule has 0 amide bonds. The van der Waals surface area contributed by atoms with Crippen LogP contribution in [0.3, 0.4) is 0 Å². The predicted octanol–water partition coefficient (Wildman–Crippen LogP) is 3.41. The molecule has 0 saturated carbocycles. The summed E-state index contributed by atoms with van der Waals surface area (Å²) in [6.07, 6.45) is 0.620. The van der Waals surface area contributed by atoms with E-state index in [0.717, 1.165) is 11.3 Å². The molecule has 0 spiro atoms. The van der Waals surface area contributed by atoms with E-state index in [1.807, 2.05) is 19.1 Å². The molecular formula is C17H20FNO3S. The maximum Gasteiger partial charge on any atom is 0.216 e. The first-order valence-electron chi connectivity index (χ1n) is 7.32. The van der Waals surface area contributed by atoms with Crippen LogP contribution in [0.25, 0.3) is 0 Å². The Morgan fingerprint density at radius 3 is 2.22 bits per heavy atom. The van der Waals surface area contributed by atoms with E-state index in [4.69, 9.17) is 4.74 Å². The molecule has 0 aliphatic heterocycles. The van der Waals surface area contributed by atoms with Gasteiger partial charge in [-0.05, 0) is 41.8 Å². The lowest BCUT2D eigenvalue weighted by molar-refractivity contribution is 0.414. The molecule has 0 aliphatic rings. The van der Waals surface area contributed by atoms with Crippen molar-refractivity contribution in [2.24, 2.45) is 0 Å². The molecule has 0 bridgehead atoms. The van der Waals surface area contributed by atoms with Gasteiger partial charge in [-0.2, -0.15) is 0 Å². The number of benzene rings is 2. The Kier molecular flexibility index (Phi) is 5.74. The minimum Gasteiger partial charge on any atom is -0.497 e. The van der Waals surface area contributed by atoms with Crippen LogP contribution in [0.15, 0.2) is 48.5 Å². The van der Waals surface area contributed by atoms with Crippen LogP contribution in [0.1, 0.15) is 30.5 Å². The molecule has 23 heavy (non-hydrogen) atoms. The third kappa shape index (κ3) is 5.04. The van der Waals surface area contributed by atoms with Crippen molar-refractivity contribution in [1.29, 1.82) is 0 Å². The molecule has 0 aromatic heterocycles. The topological polar surface area (TPSA) is 55.4 Å². The maximum atomic E-state index is 12.9. The Labute approximate surface area is 136 Å². The number of nitrogens with one attached hydrogen (secondary N) is 1. The van der Waals surface area contributed by atoms with Gasteiger partial charge in [0, 0.05) is 6.04 Å². The predicted molar refractivity (Wildman–Crippen MR) is 88.2 cm³/mol. The first-order valence-corrected chi connectivity index (χ1v) is 8.97. The van der Waals surface area contributed by atoms with Crippen LogP contribution in [0.4, 0.5) is 4.39 Å². The molecule has 1 atom stereocenters. The molecule has 2 aromatic carbocycles. The second-order valence-corrected chi connectivity index (χ2v) is 6.99. The first-order chi connectivity index (χ1) is 10.9. The van der Waals surface area contributed by atoms with Crippen molar-refractivity contribution in [1.82, 2.24) is 4.72 Å². The van der Waals surface area contributed by atoms with Crippen LogP contribution in [0.5, 0.6) is 5.75 Å². The largest absolute Gasteiger partial charge is 0.497 e. The van der Waals surface area contributed by atoms with Crippen LogP contribution < -0.4 is 9.46 Å². The van der Waals surface area contributed by atoms with Crippen LogP contribution in [0, 0.1) is 5.82 Å². The summed E-state index contributed by atoms with van der Waals surface area (Å²) >= 11 is 0. The molecule has 6 heteroatoms. The van der Waals surface area contributed by atoms with Crippen molar-refractivity contribution >= 4 is 10.0 Å². The van der Waals surface area contributed by atoms with Crippen molar-refractivity contribution in [2.45, 2.75) is 25.1 Å². The number of ether oxygens (including phenoxy) is 1.